The van der Waals surface area contributed by atoms with E-state index in [9.17, 15) is 0 Å². The lowest BCUT2D eigenvalue weighted by Crippen LogP contribution is -2.41. The molecule has 1 N–H and O–H groups in total. The van der Waals surface area contributed by atoms with Gasteiger partial charge in [-0.05, 0) is 39.7 Å². The molecule has 0 amide bonds. The number of ether oxygens (including phenoxy) is 1. The lowest BCUT2D eigenvalue weighted by Gasteiger charge is -2.28. The van der Waals surface area contributed by atoms with Crippen LogP contribution in [0.2, 0.25) is 0 Å². The molecule has 0 fully saturated rings. The first-order valence-corrected chi connectivity index (χ1v) is 5.51. The van der Waals surface area contributed by atoms with Gasteiger partial charge >= 0.3 is 0 Å². The summed E-state index contributed by atoms with van der Waals surface area (Å²) < 4.78 is 5.28. The van der Waals surface area contributed by atoms with E-state index in [1.807, 2.05) is 6.92 Å². The van der Waals surface area contributed by atoms with E-state index in [1.165, 1.54) is 12.8 Å². The highest BCUT2D eigenvalue weighted by atomic mass is 16.5. The molecule has 80 valence electrons. The van der Waals surface area contributed by atoms with E-state index in [0.717, 1.165) is 26.2 Å². The number of hydrogen-bond donors (Lipinski definition) is 1. The lowest BCUT2D eigenvalue weighted by molar-refractivity contribution is 0.142. The Morgan fingerprint density at radius 2 is 1.77 bits per heavy atom. The summed E-state index contributed by atoms with van der Waals surface area (Å²) in [6, 6.07) is 0. The second-order valence-electron chi connectivity index (χ2n) is 3.75. The first-order chi connectivity index (χ1) is 6.18. The van der Waals surface area contributed by atoms with Crippen molar-refractivity contribution in [3.63, 3.8) is 0 Å². The minimum atomic E-state index is 0.326. The Kier molecular flexibility index (Phi) is 7.29. The third-order valence-corrected chi connectivity index (χ3v) is 2.78. The highest BCUT2D eigenvalue weighted by molar-refractivity contribution is 4.79. The molecule has 0 radical (unpaired) electrons. The molecule has 0 saturated carbocycles. The van der Waals surface area contributed by atoms with Crippen molar-refractivity contribution in [3.05, 3.63) is 0 Å². The van der Waals surface area contributed by atoms with Crippen molar-refractivity contribution in [2.45, 2.75) is 52.5 Å². The van der Waals surface area contributed by atoms with E-state index in [2.05, 4.69) is 26.1 Å². The smallest absolute Gasteiger partial charge is 0.0477 e. The monoisotopic (exact) mass is 187 g/mol. The van der Waals surface area contributed by atoms with Crippen molar-refractivity contribution in [2.75, 3.05) is 19.8 Å². The SMILES string of the molecule is CCOCCCNC(C)(CC)CC. The van der Waals surface area contributed by atoms with Crippen molar-refractivity contribution in [2.24, 2.45) is 0 Å². The molecule has 0 spiro atoms. The van der Waals surface area contributed by atoms with Crippen LogP contribution in [0.25, 0.3) is 0 Å². The Morgan fingerprint density at radius 1 is 1.15 bits per heavy atom. The molecule has 0 aromatic heterocycles. The molecule has 0 aliphatic rings. The van der Waals surface area contributed by atoms with E-state index in [-0.39, 0.29) is 0 Å². The van der Waals surface area contributed by atoms with Crippen LogP contribution in [0.4, 0.5) is 0 Å². The fourth-order valence-corrected chi connectivity index (χ4v) is 1.21. The lowest BCUT2D eigenvalue weighted by atomic mass is 9.95. The average molecular weight is 187 g/mol. The summed E-state index contributed by atoms with van der Waals surface area (Å²) in [7, 11) is 0. The van der Waals surface area contributed by atoms with E-state index in [0.29, 0.717) is 5.54 Å². The fourth-order valence-electron chi connectivity index (χ4n) is 1.21. The van der Waals surface area contributed by atoms with E-state index < -0.39 is 0 Å². The zero-order chi connectivity index (χ0) is 10.2. The van der Waals surface area contributed by atoms with Crippen LogP contribution in [0.5, 0.6) is 0 Å². The van der Waals surface area contributed by atoms with Gasteiger partial charge in [-0.2, -0.15) is 0 Å². The predicted molar refractivity (Wildman–Crippen MR) is 58.1 cm³/mol. The van der Waals surface area contributed by atoms with E-state index in [1.54, 1.807) is 0 Å². The predicted octanol–water partition coefficient (Wildman–Crippen LogP) is 2.58. The topological polar surface area (TPSA) is 21.3 Å². The summed E-state index contributed by atoms with van der Waals surface area (Å²) >= 11 is 0. The van der Waals surface area contributed by atoms with Crippen LogP contribution in [-0.4, -0.2) is 25.3 Å². The molecule has 0 aliphatic carbocycles. The molecule has 0 bridgehead atoms. The Labute approximate surface area is 83.1 Å². The van der Waals surface area contributed by atoms with Crippen molar-refractivity contribution < 1.29 is 4.74 Å². The zero-order valence-electron chi connectivity index (χ0n) is 9.65. The normalized spacial score (nSPS) is 12.0. The molecule has 0 aromatic rings. The van der Waals surface area contributed by atoms with Crippen molar-refractivity contribution in [1.29, 1.82) is 0 Å². The Bertz CT molecular complexity index is 111. The molecule has 0 heterocycles. The molecular formula is C11H25NO. The van der Waals surface area contributed by atoms with Gasteiger partial charge in [0.05, 0.1) is 0 Å². The molecule has 0 saturated heterocycles. The highest BCUT2D eigenvalue weighted by Crippen LogP contribution is 2.12. The van der Waals surface area contributed by atoms with Crippen LogP contribution >= 0.6 is 0 Å². The van der Waals surface area contributed by atoms with Gasteiger partial charge in [0.25, 0.3) is 0 Å². The van der Waals surface area contributed by atoms with Gasteiger partial charge in [0.1, 0.15) is 0 Å². The van der Waals surface area contributed by atoms with Crippen LogP contribution in [0.1, 0.15) is 47.0 Å². The maximum absolute atomic E-state index is 5.28. The summed E-state index contributed by atoms with van der Waals surface area (Å²) in [6.45, 7) is 11.6. The second-order valence-corrected chi connectivity index (χ2v) is 3.75. The third kappa shape index (κ3) is 6.05. The molecule has 2 nitrogen and oxygen atoms in total. The van der Waals surface area contributed by atoms with Gasteiger partial charge in [-0.3, -0.25) is 0 Å². The van der Waals surface area contributed by atoms with Crippen LogP contribution < -0.4 is 5.32 Å². The van der Waals surface area contributed by atoms with Gasteiger partial charge in [-0.25, -0.2) is 0 Å². The van der Waals surface area contributed by atoms with E-state index in [4.69, 9.17) is 4.74 Å². The molecule has 0 unspecified atom stereocenters. The summed E-state index contributed by atoms with van der Waals surface area (Å²) in [6.07, 6.45) is 3.50. The summed E-state index contributed by atoms with van der Waals surface area (Å²) in [5, 5.41) is 3.57. The largest absolute Gasteiger partial charge is 0.382 e. The summed E-state index contributed by atoms with van der Waals surface area (Å²) in [5.41, 5.74) is 0.326. The van der Waals surface area contributed by atoms with Gasteiger partial charge < -0.3 is 10.1 Å². The van der Waals surface area contributed by atoms with Crippen LogP contribution in [0.3, 0.4) is 0 Å². The molecule has 0 atom stereocenters. The van der Waals surface area contributed by atoms with E-state index >= 15 is 0 Å². The van der Waals surface area contributed by atoms with Gasteiger partial charge in [0.2, 0.25) is 0 Å². The quantitative estimate of drug-likeness (QED) is 0.590. The Hall–Kier alpha value is -0.0800. The second kappa shape index (κ2) is 7.34. The van der Waals surface area contributed by atoms with Crippen molar-refractivity contribution >= 4 is 0 Å². The number of hydrogen-bond acceptors (Lipinski definition) is 2. The molecule has 0 aromatic carbocycles. The first kappa shape index (κ1) is 12.9. The number of rotatable bonds is 8. The molecule has 13 heavy (non-hydrogen) atoms. The first-order valence-electron chi connectivity index (χ1n) is 5.51. The van der Waals surface area contributed by atoms with Gasteiger partial charge in [0, 0.05) is 18.8 Å². The molecule has 2 heteroatoms. The highest BCUT2D eigenvalue weighted by Gasteiger charge is 2.17. The minimum absolute atomic E-state index is 0.326. The molecule has 0 rings (SSSR count). The number of nitrogens with one attached hydrogen (secondary N) is 1. The minimum Gasteiger partial charge on any atom is -0.382 e. The summed E-state index contributed by atoms with van der Waals surface area (Å²) in [5.74, 6) is 0. The average Bonchev–Trinajstić information content (AvgIpc) is 2.17. The van der Waals surface area contributed by atoms with Gasteiger partial charge in [-0.15, -0.1) is 0 Å². The maximum atomic E-state index is 5.28. The standard InChI is InChI=1S/C11H25NO/c1-5-11(4,6-2)12-9-8-10-13-7-3/h12H,5-10H2,1-4H3. The van der Waals surface area contributed by atoms with Crippen molar-refractivity contribution in [1.82, 2.24) is 5.32 Å². The molecule has 0 aliphatic heterocycles. The van der Waals surface area contributed by atoms with Gasteiger partial charge in [-0.1, -0.05) is 13.8 Å². The zero-order valence-corrected chi connectivity index (χ0v) is 9.65. The van der Waals surface area contributed by atoms with Crippen LogP contribution in [-0.2, 0) is 4.74 Å². The molecular weight excluding hydrogens is 162 g/mol. The van der Waals surface area contributed by atoms with Gasteiger partial charge in [0.15, 0.2) is 0 Å². The van der Waals surface area contributed by atoms with Crippen LogP contribution in [0.15, 0.2) is 0 Å². The third-order valence-electron chi connectivity index (χ3n) is 2.78. The fraction of sp³-hybridized carbons (Fsp3) is 1.00. The van der Waals surface area contributed by atoms with Crippen molar-refractivity contribution in [3.8, 4) is 0 Å². The summed E-state index contributed by atoms with van der Waals surface area (Å²) in [4.78, 5) is 0. The Balaban J connectivity index is 3.39. The Morgan fingerprint density at radius 3 is 2.23 bits per heavy atom. The van der Waals surface area contributed by atoms with Crippen LogP contribution in [0, 0.1) is 0 Å². The maximum Gasteiger partial charge on any atom is 0.0477 e.